The first-order valence-electron chi connectivity index (χ1n) is 13.1. The van der Waals surface area contributed by atoms with Gasteiger partial charge in [-0.25, -0.2) is 0 Å². The second-order valence-electron chi connectivity index (χ2n) is 9.69. The van der Waals surface area contributed by atoms with Crippen molar-refractivity contribution in [1.29, 1.82) is 0 Å². The molecule has 2 aromatic rings. The summed E-state index contributed by atoms with van der Waals surface area (Å²) in [7, 11) is 0. The molecule has 2 aliphatic heterocycles. The van der Waals surface area contributed by atoms with Crippen LogP contribution in [0, 0.1) is 0 Å². The van der Waals surface area contributed by atoms with Gasteiger partial charge in [0.2, 0.25) is 11.8 Å². The lowest BCUT2D eigenvalue weighted by atomic mass is 10.1. The van der Waals surface area contributed by atoms with Gasteiger partial charge in [0.25, 0.3) is 0 Å². The summed E-state index contributed by atoms with van der Waals surface area (Å²) in [5, 5.41) is 0. The highest BCUT2D eigenvalue weighted by Gasteiger charge is 2.24. The number of para-hydroxylation sites is 1. The number of nitrogens with zero attached hydrogens (tertiary/aromatic N) is 3. The normalized spacial score (nSPS) is 18.9. The first-order chi connectivity index (χ1) is 17.1. The molecule has 0 radical (unpaired) electrons. The van der Waals surface area contributed by atoms with Crippen LogP contribution in [0.1, 0.15) is 50.2 Å². The molecule has 0 atom stereocenters. The van der Waals surface area contributed by atoms with Gasteiger partial charge in [-0.1, -0.05) is 48.5 Å². The zero-order valence-corrected chi connectivity index (χ0v) is 21.0. The average Bonchev–Trinajstić information content (AvgIpc) is 2.88. The molecule has 2 amide bonds. The molecule has 0 bridgehead atoms. The molecule has 2 aromatic carbocycles. The third-order valence-electron chi connectivity index (χ3n) is 7.25. The van der Waals surface area contributed by atoms with Crippen LogP contribution in [0.4, 0.5) is 5.69 Å². The van der Waals surface area contributed by atoms with Crippen molar-refractivity contribution in [1.82, 2.24) is 9.80 Å². The maximum atomic E-state index is 13.4. The fourth-order valence-corrected chi connectivity index (χ4v) is 5.33. The fourth-order valence-electron chi connectivity index (χ4n) is 5.33. The largest absolute Gasteiger partial charge is 0.381 e. The van der Waals surface area contributed by atoms with Crippen molar-refractivity contribution in [2.24, 2.45) is 0 Å². The summed E-state index contributed by atoms with van der Waals surface area (Å²) in [6.45, 7) is 7.14. The van der Waals surface area contributed by atoms with Gasteiger partial charge in [0, 0.05) is 71.0 Å². The summed E-state index contributed by atoms with van der Waals surface area (Å²) < 4.78 is 5.59. The van der Waals surface area contributed by atoms with Gasteiger partial charge in [-0.2, -0.15) is 0 Å². The van der Waals surface area contributed by atoms with Gasteiger partial charge in [0.05, 0.1) is 0 Å². The number of benzene rings is 2. The third kappa shape index (κ3) is 7.15. The highest BCUT2D eigenvalue weighted by Crippen LogP contribution is 2.25. The molecule has 6 nitrogen and oxygen atoms in total. The number of hydrogen-bond acceptors (Lipinski definition) is 4. The van der Waals surface area contributed by atoms with Gasteiger partial charge < -0.3 is 19.4 Å². The van der Waals surface area contributed by atoms with Gasteiger partial charge in [0.15, 0.2) is 0 Å². The maximum absolute atomic E-state index is 13.4. The van der Waals surface area contributed by atoms with Crippen molar-refractivity contribution >= 4 is 17.5 Å². The number of carbonyl (C=O) groups is 2. The number of rotatable bonds is 4. The third-order valence-corrected chi connectivity index (χ3v) is 7.25. The van der Waals surface area contributed by atoms with E-state index >= 15 is 0 Å². The first-order valence-corrected chi connectivity index (χ1v) is 13.1. The molecule has 1 saturated heterocycles. The quantitative estimate of drug-likeness (QED) is 0.660. The molecule has 2 heterocycles. The van der Waals surface area contributed by atoms with Gasteiger partial charge in [-0.3, -0.25) is 9.59 Å². The second-order valence-corrected chi connectivity index (χ2v) is 9.69. The van der Waals surface area contributed by atoms with Crippen LogP contribution < -0.4 is 4.90 Å². The van der Waals surface area contributed by atoms with Crippen LogP contribution >= 0.6 is 0 Å². The highest BCUT2D eigenvalue weighted by atomic mass is 16.5. The Labute approximate surface area is 209 Å². The predicted molar refractivity (Wildman–Crippen MR) is 139 cm³/mol. The number of carbonyl (C=O) groups excluding carboxylic acids is 2. The maximum Gasteiger partial charge on any atom is 0.223 e. The Hall–Kier alpha value is -2.70. The van der Waals surface area contributed by atoms with Crippen LogP contribution in [-0.2, 0) is 27.3 Å². The number of hydrogen-bond donors (Lipinski definition) is 0. The number of anilines is 1. The molecule has 4 rings (SSSR count). The molecule has 0 aromatic heterocycles. The zero-order valence-electron chi connectivity index (χ0n) is 21.0. The predicted octanol–water partition coefficient (Wildman–Crippen LogP) is 4.28. The number of ether oxygens (including phenoxy) is 1. The zero-order chi connectivity index (χ0) is 24.5. The smallest absolute Gasteiger partial charge is 0.223 e. The average molecular weight is 478 g/mol. The van der Waals surface area contributed by atoms with E-state index in [0.29, 0.717) is 25.6 Å². The van der Waals surface area contributed by atoms with Crippen molar-refractivity contribution in [3.8, 4) is 0 Å². The molecule has 1 fully saturated rings. The highest BCUT2D eigenvalue weighted by molar-refractivity contribution is 5.92. The minimum atomic E-state index is 0.0501. The Morgan fingerprint density at radius 2 is 1.57 bits per heavy atom. The molecule has 0 spiro atoms. The Kier molecular flexibility index (Phi) is 9.32. The van der Waals surface area contributed by atoms with Crippen molar-refractivity contribution in [2.75, 3.05) is 44.3 Å². The van der Waals surface area contributed by atoms with Gasteiger partial charge >= 0.3 is 0 Å². The second kappa shape index (κ2) is 12.8. The Bertz CT molecular complexity index is 959. The molecule has 0 saturated carbocycles. The molecular formula is C29H39N3O3. The number of amides is 2. The molecule has 188 valence electrons. The van der Waals surface area contributed by atoms with E-state index in [2.05, 4.69) is 23.1 Å². The van der Waals surface area contributed by atoms with Crippen molar-refractivity contribution < 1.29 is 14.3 Å². The molecule has 0 unspecified atom stereocenters. The summed E-state index contributed by atoms with van der Waals surface area (Å²) in [4.78, 5) is 32.5. The Morgan fingerprint density at radius 3 is 2.31 bits per heavy atom. The molecular weight excluding hydrogens is 438 g/mol. The molecule has 2 aliphatic rings. The molecule has 6 heteroatoms. The standard InChI is InChI=1S/C29H39N3O3/c1-24(33)32-20-8-18-30(27-15-21-35-22-16-27)17-7-19-31(23-26-11-5-6-12-28(26)32)29(34)14-13-25-9-3-2-4-10-25/h2-6,9-12,27H,7-8,13-23H2,1H3. The van der Waals surface area contributed by atoms with Gasteiger partial charge in [-0.05, 0) is 49.3 Å². The summed E-state index contributed by atoms with van der Waals surface area (Å²) >= 11 is 0. The summed E-state index contributed by atoms with van der Waals surface area (Å²) in [6, 6.07) is 18.8. The van der Waals surface area contributed by atoms with Crippen molar-refractivity contribution in [3.63, 3.8) is 0 Å². The van der Waals surface area contributed by atoms with Gasteiger partial charge in [0.1, 0.15) is 0 Å². The van der Waals surface area contributed by atoms with E-state index in [9.17, 15) is 9.59 Å². The number of fused-ring (bicyclic) bond motifs is 1. The minimum absolute atomic E-state index is 0.0501. The lowest BCUT2D eigenvalue weighted by molar-refractivity contribution is -0.132. The van der Waals surface area contributed by atoms with Crippen LogP contribution in [0.15, 0.2) is 54.6 Å². The van der Waals surface area contributed by atoms with Gasteiger partial charge in [-0.15, -0.1) is 0 Å². The van der Waals surface area contributed by atoms with E-state index in [1.807, 2.05) is 46.2 Å². The summed E-state index contributed by atoms with van der Waals surface area (Å²) in [6.07, 6.45) is 5.23. The van der Waals surface area contributed by atoms with Crippen LogP contribution in [-0.4, -0.2) is 67.0 Å². The first kappa shape index (κ1) is 25.4. The van der Waals surface area contributed by atoms with E-state index in [1.165, 1.54) is 5.56 Å². The van der Waals surface area contributed by atoms with Crippen LogP contribution in [0.3, 0.4) is 0 Å². The van der Waals surface area contributed by atoms with Crippen LogP contribution in [0.5, 0.6) is 0 Å². The van der Waals surface area contributed by atoms with Crippen molar-refractivity contribution in [3.05, 3.63) is 65.7 Å². The van der Waals surface area contributed by atoms with E-state index in [-0.39, 0.29) is 11.8 Å². The Balaban J connectivity index is 1.54. The molecule has 35 heavy (non-hydrogen) atoms. The molecule has 0 aliphatic carbocycles. The van der Waals surface area contributed by atoms with Crippen molar-refractivity contribution in [2.45, 2.75) is 58.0 Å². The fraction of sp³-hybridized carbons (Fsp3) is 0.517. The van der Waals surface area contributed by atoms with Crippen LogP contribution in [0.2, 0.25) is 0 Å². The van der Waals surface area contributed by atoms with Crippen LogP contribution in [0.25, 0.3) is 0 Å². The summed E-state index contributed by atoms with van der Waals surface area (Å²) in [5.74, 6) is 0.224. The summed E-state index contributed by atoms with van der Waals surface area (Å²) in [5.41, 5.74) is 3.15. The van der Waals surface area contributed by atoms with E-state index in [0.717, 1.165) is 76.2 Å². The van der Waals surface area contributed by atoms with E-state index in [1.54, 1.807) is 6.92 Å². The SMILES string of the molecule is CC(=O)N1CCCN(C2CCOCC2)CCCN(C(=O)CCc2ccccc2)Cc2ccccc21. The lowest BCUT2D eigenvalue weighted by Gasteiger charge is -2.36. The number of aryl methyl sites for hydroxylation is 1. The topological polar surface area (TPSA) is 53.1 Å². The monoisotopic (exact) mass is 477 g/mol. The minimum Gasteiger partial charge on any atom is -0.381 e. The molecule has 0 N–H and O–H groups in total. The van der Waals surface area contributed by atoms with E-state index < -0.39 is 0 Å². The van der Waals surface area contributed by atoms with E-state index in [4.69, 9.17) is 4.74 Å². The lowest BCUT2D eigenvalue weighted by Crippen LogP contribution is -2.43. The Morgan fingerprint density at radius 1 is 0.886 bits per heavy atom.